The maximum atomic E-state index is 6.57. The molecule has 1 aliphatic rings. The molecule has 0 aromatic carbocycles. The molecule has 2 rings (SSSR count). The van der Waals surface area contributed by atoms with Crippen molar-refractivity contribution in [1.82, 2.24) is 10.1 Å². The Labute approximate surface area is 109 Å². The molecule has 4 heteroatoms. The normalized spacial score (nSPS) is 31.5. The lowest BCUT2D eigenvalue weighted by molar-refractivity contribution is 0.0932. The van der Waals surface area contributed by atoms with Gasteiger partial charge >= 0.3 is 0 Å². The van der Waals surface area contributed by atoms with Crippen LogP contribution in [0, 0.1) is 11.3 Å². The summed E-state index contributed by atoms with van der Waals surface area (Å²) in [6.45, 7) is 8.92. The zero-order valence-corrected chi connectivity index (χ0v) is 12.0. The second-order valence-corrected chi connectivity index (χ2v) is 6.57. The molecule has 0 aliphatic heterocycles. The molecule has 2 atom stereocenters. The second-order valence-electron chi connectivity index (χ2n) is 6.57. The Bertz CT molecular complexity index is 413. The van der Waals surface area contributed by atoms with Crippen molar-refractivity contribution in [2.24, 2.45) is 17.1 Å². The minimum absolute atomic E-state index is 0.373. The summed E-state index contributed by atoms with van der Waals surface area (Å²) in [5.74, 6) is 1.80. The summed E-state index contributed by atoms with van der Waals surface area (Å²) in [5, 5.41) is 4.12. The van der Waals surface area contributed by atoms with Crippen LogP contribution in [0.25, 0.3) is 0 Å². The molecule has 0 bridgehead atoms. The highest BCUT2D eigenvalue weighted by Gasteiger charge is 2.45. The number of hydrogen-bond acceptors (Lipinski definition) is 4. The molecule has 1 heterocycles. The number of nitrogens with two attached hydrogens (primary N) is 1. The van der Waals surface area contributed by atoms with Crippen LogP contribution in [0.1, 0.15) is 65.1 Å². The average Bonchev–Trinajstić information content (AvgIpc) is 2.73. The standard InChI is InChI=1S/C14H25N3O/c1-5-6-11-16-12(17-18-11)14(15)8-7-13(3,4)9-10(14)2/h10H,5-9,15H2,1-4H3. The number of nitrogens with zero attached hydrogens (tertiary/aromatic N) is 2. The van der Waals surface area contributed by atoms with Gasteiger partial charge in [0.05, 0.1) is 5.54 Å². The van der Waals surface area contributed by atoms with Crippen molar-refractivity contribution in [2.45, 2.75) is 65.3 Å². The van der Waals surface area contributed by atoms with Crippen molar-refractivity contribution < 1.29 is 4.52 Å². The molecule has 102 valence electrons. The van der Waals surface area contributed by atoms with Gasteiger partial charge in [0, 0.05) is 6.42 Å². The van der Waals surface area contributed by atoms with Gasteiger partial charge in [0.25, 0.3) is 0 Å². The molecule has 1 aliphatic carbocycles. The highest BCUT2D eigenvalue weighted by atomic mass is 16.5. The third-order valence-corrected chi connectivity index (χ3v) is 4.30. The third kappa shape index (κ3) is 2.44. The van der Waals surface area contributed by atoms with E-state index in [9.17, 15) is 0 Å². The van der Waals surface area contributed by atoms with Crippen LogP contribution in [-0.2, 0) is 12.0 Å². The van der Waals surface area contributed by atoms with E-state index in [4.69, 9.17) is 10.3 Å². The molecular weight excluding hydrogens is 226 g/mol. The molecular formula is C14H25N3O. The van der Waals surface area contributed by atoms with E-state index >= 15 is 0 Å². The molecule has 0 radical (unpaired) electrons. The van der Waals surface area contributed by atoms with Gasteiger partial charge in [0.2, 0.25) is 5.89 Å². The maximum absolute atomic E-state index is 6.57. The van der Waals surface area contributed by atoms with Crippen LogP contribution in [-0.4, -0.2) is 10.1 Å². The van der Waals surface area contributed by atoms with E-state index in [0.717, 1.165) is 32.1 Å². The first-order valence-corrected chi connectivity index (χ1v) is 6.99. The van der Waals surface area contributed by atoms with Crippen molar-refractivity contribution in [1.29, 1.82) is 0 Å². The van der Waals surface area contributed by atoms with Crippen LogP contribution in [0.5, 0.6) is 0 Å². The summed E-state index contributed by atoms with van der Waals surface area (Å²) in [7, 11) is 0. The van der Waals surface area contributed by atoms with Crippen molar-refractivity contribution in [3.8, 4) is 0 Å². The van der Waals surface area contributed by atoms with Gasteiger partial charge in [-0.2, -0.15) is 4.98 Å². The van der Waals surface area contributed by atoms with Crippen LogP contribution >= 0.6 is 0 Å². The lowest BCUT2D eigenvalue weighted by Crippen LogP contribution is -2.49. The van der Waals surface area contributed by atoms with Gasteiger partial charge in [-0.3, -0.25) is 0 Å². The summed E-state index contributed by atoms with van der Waals surface area (Å²) in [6.07, 6.45) is 5.02. The van der Waals surface area contributed by atoms with Gasteiger partial charge in [-0.15, -0.1) is 0 Å². The van der Waals surface area contributed by atoms with Crippen LogP contribution in [0.15, 0.2) is 4.52 Å². The minimum Gasteiger partial charge on any atom is -0.339 e. The predicted molar refractivity (Wildman–Crippen MR) is 71.0 cm³/mol. The summed E-state index contributed by atoms with van der Waals surface area (Å²) in [4.78, 5) is 4.49. The molecule has 0 saturated heterocycles. The Morgan fingerprint density at radius 1 is 1.39 bits per heavy atom. The summed E-state index contributed by atoms with van der Waals surface area (Å²) >= 11 is 0. The topological polar surface area (TPSA) is 64.9 Å². The molecule has 2 unspecified atom stereocenters. The Hall–Kier alpha value is -0.900. The summed E-state index contributed by atoms with van der Waals surface area (Å²) in [5.41, 5.74) is 6.53. The quantitative estimate of drug-likeness (QED) is 0.896. The van der Waals surface area contributed by atoms with Crippen LogP contribution in [0.4, 0.5) is 0 Å². The highest BCUT2D eigenvalue weighted by Crippen LogP contribution is 2.46. The largest absolute Gasteiger partial charge is 0.339 e. The van der Waals surface area contributed by atoms with Crippen molar-refractivity contribution in [3.63, 3.8) is 0 Å². The smallest absolute Gasteiger partial charge is 0.226 e. The number of rotatable bonds is 3. The Balaban J connectivity index is 2.20. The molecule has 4 nitrogen and oxygen atoms in total. The number of hydrogen-bond donors (Lipinski definition) is 1. The van der Waals surface area contributed by atoms with Gasteiger partial charge in [0.1, 0.15) is 0 Å². The van der Waals surface area contributed by atoms with Crippen molar-refractivity contribution in [2.75, 3.05) is 0 Å². The second kappa shape index (κ2) is 4.65. The SMILES string of the molecule is CCCc1nc(C2(N)CCC(C)(C)CC2C)no1. The van der Waals surface area contributed by atoms with E-state index in [1.807, 2.05) is 0 Å². The highest BCUT2D eigenvalue weighted by molar-refractivity contribution is 5.09. The summed E-state index contributed by atoms with van der Waals surface area (Å²) in [6, 6.07) is 0. The third-order valence-electron chi connectivity index (χ3n) is 4.30. The van der Waals surface area contributed by atoms with E-state index < -0.39 is 5.54 Å². The van der Waals surface area contributed by atoms with E-state index in [2.05, 4.69) is 37.8 Å². The fourth-order valence-electron chi connectivity index (χ4n) is 3.00. The van der Waals surface area contributed by atoms with Crippen LogP contribution in [0.2, 0.25) is 0 Å². The monoisotopic (exact) mass is 251 g/mol. The van der Waals surface area contributed by atoms with E-state index in [-0.39, 0.29) is 0 Å². The van der Waals surface area contributed by atoms with Crippen molar-refractivity contribution in [3.05, 3.63) is 11.7 Å². The zero-order chi connectivity index (χ0) is 13.4. The first kappa shape index (κ1) is 13.5. The molecule has 0 spiro atoms. The first-order valence-electron chi connectivity index (χ1n) is 6.99. The molecule has 1 aromatic rings. The van der Waals surface area contributed by atoms with Crippen LogP contribution < -0.4 is 5.73 Å². The molecule has 1 fully saturated rings. The molecule has 1 aromatic heterocycles. The Morgan fingerprint density at radius 3 is 2.72 bits per heavy atom. The Morgan fingerprint density at radius 2 is 2.11 bits per heavy atom. The molecule has 18 heavy (non-hydrogen) atoms. The van der Waals surface area contributed by atoms with E-state index in [0.29, 0.717) is 23.0 Å². The Kier molecular flexibility index (Phi) is 3.49. The minimum atomic E-state index is -0.412. The molecule has 1 saturated carbocycles. The van der Waals surface area contributed by atoms with E-state index in [1.54, 1.807) is 0 Å². The number of aryl methyl sites for hydroxylation is 1. The maximum Gasteiger partial charge on any atom is 0.226 e. The molecule has 0 amide bonds. The van der Waals surface area contributed by atoms with Gasteiger partial charge in [0.15, 0.2) is 5.82 Å². The van der Waals surface area contributed by atoms with Gasteiger partial charge in [-0.05, 0) is 37.0 Å². The van der Waals surface area contributed by atoms with Crippen molar-refractivity contribution >= 4 is 0 Å². The van der Waals surface area contributed by atoms with E-state index in [1.165, 1.54) is 0 Å². The van der Waals surface area contributed by atoms with Gasteiger partial charge < -0.3 is 10.3 Å². The summed E-state index contributed by atoms with van der Waals surface area (Å²) < 4.78 is 5.28. The average molecular weight is 251 g/mol. The first-order chi connectivity index (χ1) is 8.37. The molecule has 2 N–H and O–H groups in total. The number of aromatic nitrogens is 2. The fraction of sp³-hybridized carbons (Fsp3) is 0.857. The zero-order valence-electron chi connectivity index (χ0n) is 12.0. The predicted octanol–water partition coefficient (Wildman–Crippen LogP) is 3.02. The van der Waals surface area contributed by atoms with Crippen LogP contribution in [0.3, 0.4) is 0 Å². The van der Waals surface area contributed by atoms with Gasteiger partial charge in [-0.1, -0.05) is 32.9 Å². The van der Waals surface area contributed by atoms with Gasteiger partial charge in [-0.25, -0.2) is 0 Å². The lowest BCUT2D eigenvalue weighted by Gasteiger charge is -2.44. The lowest BCUT2D eigenvalue weighted by atomic mass is 9.64. The fourth-order valence-corrected chi connectivity index (χ4v) is 3.00.